The van der Waals surface area contributed by atoms with Gasteiger partial charge in [-0.2, -0.15) is 0 Å². The molecule has 7 rings (SSSR count). The Labute approximate surface area is 205 Å². The minimum atomic E-state index is -0.796. The van der Waals surface area contributed by atoms with Gasteiger partial charge >= 0.3 is 5.97 Å². The smallest absolute Gasteiger partial charge is 0.338 e. The van der Waals surface area contributed by atoms with Gasteiger partial charge in [0.1, 0.15) is 0 Å². The van der Waals surface area contributed by atoms with E-state index >= 15 is 0 Å². The molecule has 1 fully saturated rings. The van der Waals surface area contributed by atoms with Crippen LogP contribution in [0.4, 0.5) is 5.69 Å². The Kier molecular flexibility index (Phi) is 4.62. The minimum Gasteiger partial charge on any atom is -0.459 e. The molecule has 3 aromatic carbocycles. The molecule has 5 nitrogen and oxygen atoms in total. The molecule has 6 heteroatoms. The van der Waals surface area contributed by atoms with E-state index in [1.165, 1.54) is 4.90 Å². The van der Waals surface area contributed by atoms with E-state index in [-0.39, 0.29) is 23.8 Å². The number of benzene rings is 3. The molecule has 0 saturated carbocycles. The maximum absolute atomic E-state index is 14.0. The molecule has 34 heavy (non-hydrogen) atoms. The quantitative estimate of drug-likeness (QED) is 0.274. The molecule has 4 aliphatic rings. The Hall–Kier alpha value is -3.25. The van der Waals surface area contributed by atoms with E-state index in [4.69, 9.17) is 4.74 Å². The van der Waals surface area contributed by atoms with Gasteiger partial charge in [0.25, 0.3) is 0 Å². The van der Waals surface area contributed by atoms with E-state index in [1.807, 2.05) is 36.4 Å². The first-order valence-electron chi connectivity index (χ1n) is 11.4. The fourth-order valence-electron chi connectivity index (χ4n) is 5.99. The number of alkyl halides is 1. The van der Waals surface area contributed by atoms with Crippen LogP contribution >= 0.6 is 15.9 Å². The maximum atomic E-state index is 14.0. The molecule has 0 radical (unpaired) electrons. The van der Waals surface area contributed by atoms with Crippen molar-refractivity contribution < 1.29 is 19.1 Å². The van der Waals surface area contributed by atoms with Crippen molar-refractivity contribution in [2.45, 2.75) is 30.2 Å². The van der Waals surface area contributed by atoms with Crippen molar-refractivity contribution in [3.05, 3.63) is 101 Å². The number of nitrogens with zero attached hydrogens (tertiary/aromatic N) is 1. The van der Waals surface area contributed by atoms with E-state index in [1.54, 1.807) is 38.1 Å². The zero-order chi connectivity index (χ0) is 23.8. The number of esters is 1. The highest BCUT2D eigenvalue weighted by Gasteiger charge is 2.67. The Morgan fingerprint density at radius 1 is 0.912 bits per heavy atom. The highest BCUT2D eigenvalue weighted by Crippen LogP contribution is 2.66. The number of ether oxygens (including phenoxy) is 1. The lowest BCUT2D eigenvalue weighted by atomic mass is 9.55. The number of carbonyl (C=O) groups excluding carboxylic acids is 3. The fourth-order valence-corrected chi connectivity index (χ4v) is 7.19. The van der Waals surface area contributed by atoms with E-state index < -0.39 is 22.1 Å². The van der Waals surface area contributed by atoms with Crippen LogP contribution in [0.2, 0.25) is 0 Å². The monoisotopic (exact) mass is 515 g/mol. The lowest BCUT2D eigenvalue weighted by molar-refractivity contribution is -0.122. The van der Waals surface area contributed by atoms with Crippen molar-refractivity contribution in [1.82, 2.24) is 0 Å². The molecule has 170 valence electrons. The van der Waals surface area contributed by atoms with Crippen LogP contribution in [0.25, 0.3) is 0 Å². The van der Waals surface area contributed by atoms with Gasteiger partial charge in [0.2, 0.25) is 11.8 Å². The van der Waals surface area contributed by atoms with Crippen LogP contribution in [-0.2, 0) is 18.7 Å². The predicted octanol–water partition coefficient (Wildman–Crippen LogP) is 5.16. The number of rotatable bonds is 3. The van der Waals surface area contributed by atoms with Crippen molar-refractivity contribution in [3.63, 3.8) is 0 Å². The van der Waals surface area contributed by atoms with Crippen LogP contribution in [0.3, 0.4) is 0 Å². The summed E-state index contributed by atoms with van der Waals surface area (Å²) in [4.78, 5) is 41.7. The van der Waals surface area contributed by atoms with Crippen LogP contribution in [0, 0.1) is 11.8 Å². The molecular weight excluding hydrogens is 494 g/mol. The van der Waals surface area contributed by atoms with Crippen molar-refractivity contribution in [1.29, 1.82) is 0 Å². The molecule has 3 aromatic rings. The lowest BCUT2D eigenvalue weighted by Crippen LogP contribution is -2.50. The molecule has 1 heterocycles. The highest BCUT2D eigenvalue weighted by atomic mass is 79.9. The molecule has 2 bridgehead atoms. The largest absolute Gasteiger partial charge is 0.459 e. The first kappa shape index (κ1) is 21.3. The van der Waals surface area contributed by atoms with Gasteiger partial charge in [-0.3, -0.25) is 9.59 Å². The summed E-state index contributed by atoms with van der Waals surface area (Å²) in [7, 11) is 0. The topological polar surface area (TPSA) is 63.7 Å². The van der Waals surface area contributed by atoms with Crippen LogP contribution < -0.4 is 4.90 Å². The number of hydrogen-bond donors (Lipinski definition) is 0. The van der Waals surface area contributed by atoms with Crippen molar-refractivity contribution in [3.8, 4) is 0 Å². The summed E-state index contributed by atoms with van der Waals surface area (Å²) in [5.41, 5.74) is 4.94. The Morgan fingerprint density at radius 2 is 1.53 bits per heavy atom. The van der Waals surface area contributed by atoms with E-state index in [0.717, 1.165) is 22.3 Å². The normalized spacial score (nSPS) is 26.4. The summed E-state index contributed by atoms with van der Waals surface area (Å²) in [6, 6.07) is 22.7. The molecular formula is C28H22BrNO4. The minimum absolute atomic E-state index is 0.202. The zero-order valence-corrected chi connectivity index (χ0v) is 20.3. The standard InChI is InChI=1S/C28H22BrNO4/c1-15(2)34-27(33)16-8-7-9-17(14-16)30-25(31)23-22-18-10-3-5-12-20(18)28(29,24(23)26(30)32)21-13-6-4-11-19(21)22/h3-15,22-24H,1-2H3/t22?,23-,24+,28?/m1/s1. The van der Waals surface area contributed by atoms with Gasteiger partial charge in [-0.25, -0.2) is 9.69 Å². The van der Waals surface area contributed by atoms with Gasteiger partial charge in [-0.05, 0) is 54.3 Å². The number of carbonyl (C=O) groups is 3. The molecule has 0 aromatic heterocycles. The second-order valence-corrected chi connectivity index (χ2v) is 10.6. The first-order valence-corrected chi connectivity index (χ1v) is 12.2. The van der Waals surface area contributed by atoms with Crippen LogP contribution in [0.15, 0.2) is 72.8 Å². The Bertz CT molecular complexity index is 1330. The molecule has 3 aliphatic carbocycles. The van der Waals surface area contributed by atoms with Gasteiger partial charge in [-0.15, -0.1) is 0 Å². The number of imide groups is 1. The van der Waals surface area contributed by atoms with Gasteiger partial charge in [-0.1, -0.05) is 70.5 Å². The van der Waals surface area contributed by atoms with Gasteiger partial charge in [0.15, 0.2) is 0 Å². The van der Waals surface area contributed by atoms with Gasteiger partial charge in [0.05, 0.1) is 33.5 Å². The number of halogens is 1. The van der Waals surface area contributed by atoms with Crippen molar-refractivity contribution in [2.75, 3.05) is 4.90 Å². The molecule has 0 spiro atoms. The third kappa shape index (κ3) is 2.69. The number of anilines is 1. The number of hydrogen-bond acceptors (Lipinski definition) is 4. The van der Waals surface area contributed by atoms with E-state index in [9.17, 15) is 14.4 Å². The van der Waals surface area contributed by atoms with Crippen LogP contribution in [0.1, 0.15) is 52.4 Å². The summed E-state index contributed by atoms with van der Waals surface area (Å²) in [5.74, 6) is -2.28. The summed E-state index contributed by atoms with van der Waals surface area (Å²) in [6.45, 7) is 3.56. The molecule has 0 unspecified atom stereocenters. The Morgan fingerprint density at radius 3 is 2.15 bits per heavy atom. The summed E-state index contributed by atoms with van der Waals surface area (Å²) < 4.78 is 4.52. The Balaban J connectivity index is 1.49. The molecule has 2 atom stereocenters. The van der Waals surface area contributed by atoms with Crippen molar-refractivity contribution >= 4 is 39.4 Å². The van der Waals surface area contributed by atoms with Crippen LogP contribution in [-0.4, -0.2) is 23.9 Å². The summed E-state index contributed by atoms with van der Waals surface area (Å²) in [6.07, 6.45) is -0.269. The highest BCUT2D eigenvalue weighted by molar-refractivity contribution is 9.09. The average Bonchev–Trinajstić information content (AvgIpc) is 3.10. The third-order valence-corrected chi connectivity index (χ3v) is 8.54. The van der Waals surface area contributed by atoms with E-state index in [2.05, 4.69) is 28.1 Å². The zero-order valence-electron chi connectivity index (χ0n) is 18.7. The lowest BCUT2D eigenvalue weighted by Gasteiger charge is -2.51. The SMILES string of the molecule is CC(C)OC(=O)c1cccc(N2C(=O)[C@@H]3C4c5ccccc5C(Br)(c5ccccc54)[C@@H]3C2=O)c1. The number of amides is 2. The maximum Gasteiger partial charge on any atom is 0.338 e. The summed E-state index contributed by atoms with van der Waals surface area (Å²) in [5, 5.41) is 0. The molecule has 0 N–H and O–H groups in total. The molecule has 1 saturated heterocycles. The summed E-state index contributed by atoms with van der Waals surface area (Å²) >= 11 is 4.00. The molecule has 2 amide bonds. The fraction of sp³-hybridized carbons (Fsp3) is 0.250. The second-order valence-electron chi connectivity index (χ2n) is 9.38. The van der Waals surface area contributed by atoms with Crippen molar-refractivity contribution in [2.24, 2.45) is 11.8 Å². The average molecular weight is 516 g/mol. The van der Waals surface area contributed by atoms with Crippen LogP contribution in [0.5, 0.6) is 0 Å². The van der Waals surface area contributed by atoms with Gasteiger partial charge < -0.3 is 4.74 Å². The molecule has 1 aliphatic heterocycles. The van der Waals surface area contributed by atoms with Gasteiger partial charge in [0, 0.05) is 5.92 Å². The predicted molar refractivity (Wildman–Crippen MR) is 131 cm³/mol. The van der Waals surface area contributed by atoms with E-state index in [0.29, 0.717) is 11.3 Å². The third-order valence-electron chi connectivity index (χ3n) is 7.20. The second kappa shape index (κ2) is 7.37. The first-order chi connectivity index (χ1) is 16.3.